The lowest BCUT2D eigenvalue weighted by molar-refractivity contribution is -0.160. The first-order chi connectivity index (χ1) is 18.5. The molecule has 0 aliphatic carbocycles. The Bertz CT molecular complexity index is 944. The van der Waals surface area contributed by atoms with Gasteiger partial charge in [0.2, 0.25) is 0 Å². The van der Waals surface area contributed by atoms with Crippen LogP contribution in [0.2, 0.25) is 0 Å². The summed E-state index contributed by atoms with van der Waals surface area (Å²) in [7, 11) is 0. The molecule has 0 atom stereocenters. The predicted octanol–water partition coefficient (Wildman–Crippen LogP) is 6.82. The number of amides is 2. The molecule has 2 rings (SSSR count). The highest BCUT2D eigenvalue weighted by Gasteiger charge is 2.23. The normalized spacial score (nSPS) is 10.7. The van der Waals surface area contributed by atoms with Crippen LogP contribution in [-0.2, 0) is 27.4 Å². The Morgan fingerprint density at radius 3 is 1.76 bits per heavy atom. The van der Waals surface area contributed by atoms with Crippen LogP contribution in [0.3, 0.4) is 0 Å². The molecule has 0 spiro atoms. The minimum Gasteiger partial charge on any atom is -0.459 e. The van der Waals surface area contributed by atoms with Gasteiger partial charge in [0.25, 0.3) is 5.91 Å². The zero-order chi connectivity index (χ0) is 27.4. The largest absolute Gasteiger partial charge is 0.459 e. The van der Waals surface area contributed by atoms with E-state index in [1.54, 1.807) is 19.1 Å². The smallest absolute Gasteiger partial charge is 0.397 e. The third-order valence-electron chi connectivity index (χ3n) is 6.61. The lowest BCUT2D eigenvalue weighted by atomic mass is 10.1. The third-order valence-corrected chi connectivity index (χ3v) is 6.61. The van der Waals surface area contributed by atoms with Gasteiger partial charge >= 0.3 is 11.9 Å². The summed E-state index contributed by atoms with van der Waals surface area (Å²) in [5.74, 6) is -1.63. The van der Waals surface area contributed by atoms with E-state index in [1.165, 1.54) is 62.7 Å². The number of hydrogen-bond acceptors (Lipinski definition) is 4. The predicted molar refractivity (Wildman–Crippen MR) is 153 cm³/mol. The van der Waals surface area contributed by atoms with E-state index >= 15 is 0 Å². The van der Waals surface area contributed by atoms with Gasteiger partial charge in [-0.15, -0.1) is 0 Å². The number of benzene rings is 2. The second-order valence-corrected chi connectivity index (χ2v) is 9.86. The Kier molecular flexibility index (Phi) is 15.5. The zero-order valence-corrected chi connectivity index (χ0v) is 23.4. The summed E-state index contributed by atoms with van der Waals surface area (Å²) in [6.07, 6.45) is 14.1. The van der Waals surface area contributed by atoms with Crippen molar-refractivity contribution >= 4 is 17.8 Å². The maximum atomic E-state index is 12.7. The molecule has 2 amide bonds. The number of rotatable bonds is 18. The van der Waals surface area contributed by atoms with Crippen LogP contribution >= 0.6 is 0 Å². The number of nitrogens with one attached hydrogen (secondary N) is 1. The van der Waals surface area contributed by atoms with Gasteiger partial charge in [0, 0.05) is 25.2 Å². The molecule has 0 radical (unpaired) electrons. The molecule has 0 unspecified atom stereocenters. The molecule has 2 aromatic carbocycles. The summed E-state index contributed by atoms with van der Waals surface area (Å²) in [5.41, 5.74) is 2.34. The number of carbonyl (C=O) groups is 3. The average molecular weight is 523 g/mol. The van der Waals surface area contributed by atoms with Crippen molar-refractivity contribution in [1.29, 1.82) is 0 Å². The van der Waals surface area contributed by atoms with Crippen LogP contribution in [0.5, 0.6) is 0 Å². The Hall–Kier alpha value is -3.15. The van der Waals surface area contributed by atoms with Gasteiger partial charge in [-0.2, -0.15) is 0 Å². The maximum absolute atomic E-state index is 12.7. The maximum Gasteiger partial charge on any atom is 0.397 e. The number of carbonyl (C=O) groups excluding carboxylic acids is 3. The summed E-state index contributed by atoms with van der Waals surface area (Å²) in [4.78, 5) is 38.8. The van der Waals surface area contributed by atoms with E-state index in [9.17, 15) is 14.4 Å². The van der Waals surface area contributed by atoms with Crippen molar-refractivity contribution < 1.29 is 19.1 Å². The number of ether oxygens (including phenoxy) is 1. The Labute approximate surface area is 229 Å². The fraction of sp³-hybridized carbons (Fsp3) is 0.531. The fourth-order valence-corrected chi connectivity index (χ4v) is 4.40. The van der Waals surface area contributed by atoms with Crippen LogP contribution in [0.1, 0.15) is 106 Å². The van der Waals surface area contributed by atoms with Crippen LogP contribution in [0, 0.1) is 0 Å². The highest BCUT2D eigenvalue weighted by atomic mass is 16.5. The van der Waals surface area contributed by atoms with E-state index in [0.717, 1.165) is 24.0 Å². The lowest BCUT2D eigenvalue weighted by Gasteiger charge is -2.22. The zero-order valence-electron chi connectivity index (χ0n) is 23.4. The van der Waals surface area contributed by atoms with E-state index in [0.29, 0.717) is 18.7 Å². The molecule has 1 N–H and O–H groups in total. The summed E-state index contributed by atoms with van der Waals surface area (Å²) >= 11 is 0. The van der Waals surface area contributed by atoms with E-state index in [2.05, 4.69) is 12.2 Å². The molecule has 0 heterocycles. The first kappa shape index (κ1) is 31.1. The highest BCUT2D eigenvalue weighted by Crippen LogP contribution is 2.14. The van der Waals surface area contributed by atoms with Gasteiger partial charge < -0.3 is 15.0 Å². The van der Waals surface area contributed by atoms with Crippen molar-refractivity contribution in [3.63, 3.8) is 0 Å². The molecule has 6 heteroatoms. The summed E-state index contributed by atoms with van der Waals surface area (Å²) < 4.78 is 4.92. The van der Waals surface area contributed by atoms with Crippen molar-refractivity contribution in [1.82, 2.24) is 10.2 Å². The van der Waals surface area contributed by atoms with Crippen LogP contribution in [-0.4, -0.2) is 35.8 Å². The molecule has 0 saturated carbocycles. The molecule has 2 aromatic rings. The Morgan fingerprint density at radius 2 is 1.21 bits per heavy atom. The minimum absolute atomic E-state index is 0.0904. The van der Waals surface area contributed by atoms with Crippen LogP contribution in [0.15, 0.2) is 54.6 Å². The summed E-state index contributed by atoms with van der Waals surface area (Å²) in [6, 6.07) is 16.7. The molecule has 208 valence electrons. The van der Waals surface area contributed by atoms with E-state index < -0.39 is 11.9 Å². The third kappa shape index (κ3) is 12.4. The van der Waals surface area contributed by atoms with Gasteiger partial charge in [-0.25, -0.2) is 4.79 Å². The van der Waals surface area contributed by atoms with Crippen molar-refractivity contribution in [2.75, 3.05) is 13.2 Å². The molecule has 0 saturated heterocycles. The van der Waals surface area contributed by atoms with Gasteiger partial charge in [-0.3, -0.25) is 9.59 Å². The molecule has 0 bridgehead atoms. The van der Waals surface area contributed by atoms with Crippen molar-refractivity contribution in [2.45, 2.75) is 97.6 Å². The number of unbranched alkanes of at least 4 members (excludes halogenated alkanes) is 10. The monoisotopic (exact) mass is 522 g/mol. The molecule has 0 aliphatic rings. The first-order valence-corrected chi connectivity index (χ1v) is 14.4. The van der Waals surface area contributed by atoms with E-state index in [4.69, 9.17) is 4.74 Å². The van der Waals surface area contributed by atoms with Gasteiger partial charge in [-0.1, -0.05) is 114 Å². The van der Waals surface area contributed by atoms with Gasteiger partial charge in [0.05, 0.1) is 6.61 Å². The number of nitrogens with zero attached hydrogens (tertiary/aromatic N) is 1. The average Bonchev–Trinajstić information content (AvgIpc) is 2.94. The van der Waals surface area contributed by atoms with Crippen molar-refractivity contribution in [2.24, 2.45) is 0 Å². The second kappa shape index (κ2) is 19.0. The topological polar surface area (TPSA) is 75.7 Å². The molecular formula is C32H46N2O4. The summed E-state index contributed by atoms with van der Waals surface area (Å²) in [5, 5.41) is 3.01. The lowest BCUT2D eigenvalue weighted by Crippen LogP contribution is -2.36. The van der Waals surface area contributed by atoms with Gasteiger partial charge in [0.15, 0.2) is 0 Å². The van der Waals surface area contributed by atoms with Crippen LogP contribution < -0.4 is 5.32 Å². The summed E-state index contributed by atoms with van der Waals surface area (Å²) in [6.45, 7) is 5.28. The minimum atomic E-state index is -0.859. The number of esters is 1. The molecule has 0 fully saturated rings. The molecular weight excluding hydrogens is 476 g/mol. The van der Waals surface area contributed by atoms with E-state index in [1.807, 2.05) is 42.5 Å². The molecule has 6 nitrogen and oxygen atoms in total. The van der Waals surface area contributed by atoms with Crippen LogP contribution in [0.4, 0.5) is 0 Å². The molecule has 0 aromatic heterocycles. The molecule has 0 aliphatic heterocycles. The quantitative estimate of drug-likeness (QED) is 0.132. The number of hydrogen-bond donors (Lipinski definition) is 1. The first-order valence-electron chi connectivity index (χ1n) is 14.4. The van der Waals surface area contributed by atoms with Crippen molar-refractivity contribution in [3.05, 3.63) is 71.3 Å². The Morgan fingerprint density at radius 1 is 0.684 bits per heavy atom. The SMILES string of the molecule is CCCCCCCCCCCCCNC(=O)c1ccc(CN(Cc2ccccc2)C(=O)C(=O)OCC)cc1. The van der Waals surface area contributed by atoms with Crippen LogP contribution in [0.25, 0.3) is 0 Å². The highest BCUT2D eigenvalue weighted by molar-refractivity contribution is 6.32. The van der Waals surface area contributed by atoms with Crippen molar-refractivity contribution in [3.8, 4) is 0 Å². The fourth-order valence-electron chi connectivity index (χ4n) is 4.40. The standard InChI is InChI=1S/C32H46N2O4/c1-3-5-6-7-8-9-10-11-12-13-17-24-33-30(35)29-22-20-28(21-23-29)26-34(31(36)32(37)38-4-2)25-27-18-15-14-16-19-27/h14-16,18-23H,3-13,17,24-26H2,1-2H3,(H,33,35). The van der Waals surface area contributed by atoms with Gasteiger partial charge in [-0.05, 0) is 36.6 Å². The second-order valence-electron chi connectivity index (χ2n) is 9.86. The van der Waals surface area contributed by atoms with Gasteiger partial charge in [0.1, 0.15) is 0 Å². The van der Waals surface area contributed by atoms with E-state index in [-0.39, 0.29) is 19.1 Å². The molecule has 38 heavy (non-hydrogen) atoms. The Balaban J connectivity index is 1.74.